The highest BCUT2D eigenvalue weighted by molar-refractivity contribution is 5.76. The van der Waals surface area contributed by atoms with Gasteiger partial charge in [0.15, 0.2) is 0 Å². The molecule has 6 nitrogen and oxygen atoms in total. The molecule has 0 radical (unpaired) electrons. The maximum atomic E-state index is 10.9. The fraction of sp³-hybridized carbons (Fsp3) is 0.300. The van der Waals surface area contributed by atoms with Crippen LogP contribution < -0.4 is 5.32 Å². The molecule has 86 valence electrons. The van der Waals surface area contributed by atoms with Gasteiger partial charge in [-0.05, 0) is 24.1 Å². The summed E-state index contributed by atoms with van der Waals surface area (Å²) in [6.07, 6.45) is 0.573. The zero-order valence-electron chi connectivity index (χ0n) is 8.55. The normalized spacial score (nSPS) is 9.75. The number of hydrogen-bond acceptors (Lipinski definition) is 4. The molecule has 0 fully saturated rings. The molecular weight excluding hydrogens is 212 g/mol. The third-order valence-electron chi connectivity index (χ3n) is 1.94. The van der Waals surface area contributed by atoms with Crippen molar-refractivity contribution in [3.8, 4) is 5.75 Å². The SMILES string of the molecule is O=C(C[N+](=O)[O-])NCCc1ccc(O)cc1. The van der Waals surface area contributed by atoms with Gasteiger partial charge >= 0.3 is 0 Å². The van der Waals surface area contributed by atoms with Crippen LogP contribution in [0.2, 0.25) is 0 Å². The lowest BCUT2D eigenvalue weighted by Crippen LogP contribution is -2.31. The van der Waals surface area contributed by atoms with E-state index in [9.17, 15) is 14.9 Å². The summed E-state index contributed by atoms with van der Waals surface area (Å²) in [5, 5.41) is 21.5. The second-order valence-corrected chi connectivity index (χ2v) is 3.26. The Kier molecular flexibility index (Phi) is 4.26. The van der Waals surface area contributed by atoms with E-state index in [1.165, 1.54) is 0 Å². The number of amides is 1. The number of phenols is 1. The molecule has 0 aliphatic carbocycles. The maximum absolute atomic E-state index is 10.9. The molecule has 0 saturated carbocycles. The van der Waals surface area contributed by atoms with Gasteiger partial charge in [-0.3, -0.25) is 14.9 Å². The van der Waals surface area contributed by atoms with Gasteiger partial charge < -0.3 is 10.4 Å². The predicted octanol–water partition coefficient (Wildman–Crippen LogP) is 0.328. The number of carbonyl (C=O) groups is 1. The summed E-state index contributed by atoms with van der Waals surface area (Å²) < 4.78 is 0. The van der Waals surface area contributed by atoms with Crippen LogP contribution >= 0.6 is 0 Å². The van der Waals surface area contributed by atoms with Crippen molar-refractivity contribution in [2.45, 2.75) is 6.42 Å². The minimum absolute atomic E-state index is 0.182. The molecule has 0 heterocycles. The molecule has 0 aromatic heterocycles. The lowest BCUT2D eigenvalue weighted by Gasteiger charge is -2.02. The molecular formula is C10H12N2O4. The average Bonchev–Trinajstić information content (AvgIpc) is 2.20. The summed E-state index contributed by atoms with van der Waals surface area (Å²) in [7, 11) is 0. The van der Waals surface area contributed by atoms with Crippen molar-refractivity contribution in [2.75, 3.05) is 13.1 Å². The molecule has 0 saturated heterocycles. The summed E-state index contributed by atoms with van der Waals surface area (Å²) in [6, 6.07) is 6.56. The van der Waals surface area contributed by atoms with Gasteiger partial charge in [0.1, 0.15) is 5.75 Å². The Bertz CT molecular complexity index is 375. The zero-order chi connectivity index (χ0) is 12.0. The van der Waals surface area contributed by atoms with E-state index in [2.05, 4.69) is 5.32 Å². The number of rotatable bonds is 5. The van der Waals surface area contributed by atoms with E-state index in [1.54, 1.807) is 24.3 Å². The third-order valence-corrected chi connectivity index (χ3v) is 1.94. The third kappa shape index (κ3) is 4.41. The van der Waals surface area contributed by atoms with Gasteiger partial charge in [0.05, 0.1) is 0 Å². The lowest BCUT2D eigenvalue weighted by atomic mass is 10.1. The van der Waals surface area contributed by atoms with Gasteiger partial charge in [-0.2, -0.15) is 0 Å². The Labute approximate surface area is 92.0 Å². The first kappa shape index (κ1) is 12.0. The number of phenolic OH excluding ortho intramolecular Hbond substituents is 1. The standard InChI is InChI=1S/C10H12N2O4/c13-9-3-1-8(2-4-9)5-6-11-10(14)7-12(15)16/h1-4,13H,5-7H2,(H,11,14). The first-order valence-electron chi connectivity index (χ1n) is 4.74. The van der Waals surface area contributed by atoms with Gasteiger partial charge in [-0.1, -0.05) is 12.1 Å². The number of nitrogens with zero attached hydrogens (tertiary/aromatic N) is 1. The van der Waals surface area contributed by atoms with Crippen LogP contribution in [0.5, 0.6) is 5.75 Å². The van der Waals surface area contributed by atoms with Crippen molar-refractivity contribution in [3.63, 3.8) is 0 Å². The Balaban J connectivity index is 2.28. The van der Waals surface area contributed by atoms with Crippen LogP contribution in [0.1, 0.15) is 5.56 Å². The molecule has 0 aliphatic rings. The van der Waals surface area contributed by atoms with Crippen molar-refractivity contribution >= 4 is 5.91 Å². The largest absolute Gasteiger partial charge is 0.508 e. The van der Waals surface area contributed by atoms with E-state index in [-0.39, 0.29) is 5.75 Å². The van der Waals surface area contributed by atoms with Crippen LogP contribution in [0.25, 0.3) is 0 Å². The number of hydrogen-bond donors (Lipinski definition) is 2. The van der Waals surface area contributed by atoms with Gasteiger partial charge in [-0.15, -0.1) is 0 Å². The van der Waals surface area contributed by atoms with E-state index >= 15 is 0 Å². The second kappa shape index (κ2) is 5.69. The fourth-order valence-corrected chi connectivity index (χ4v) is 1.18. The molecule has 2 N–H and O–H groups in total. The Morgan fingerprint density at radius 3 is 2.56 bits per heavy atom. The summed E-state index contributed by atoms with van der Waals surface area (Å²) in [6.45, 7) is -0.354. The molecule has 16 heavy (non-hydrogen) atoms. The highest BCUT2D eigenvalue weighted by Crippen LogP contribution is 2.09. The first-order chi connectivity index (χ1) is 7.58. The van der Waals surface area contributed by atoms with Crippen LogP contribution in [0.3, 0.4) is 0 Å². The van der Waals surface area contributed by atoms with Crippen LogP contribution in [0.15, 0.2) is 24.3 Å². The number of benzene rings is 1. The minimum Gasteiger partial charge on any atom is -0.508 e. The molecule has 0 aliphatic heterocycles. The van der Waals surface area contributed by atoms with Crippen molar-refractivity contribution in [3.05, 3.63) is 39.9 Å². The van der Waals surface area contributed by atoms with E-state index in [1.807, 2.05) is 0 Å². The van der Waals surface area contributed by atoms with E-state index < -0.39 is 17.4 Å². The van der Waals surface area contributed by atoms with E-state index in [0.717, 1.165) is 5.56 Å². The molecule has 1 rings (SSSR count). The molecule has 0 unspecified atom stereocenters. The van der Waals surface area contributed by atoms with Crippen LogP contribution in [0, 0.1) is 10.1 Å². The van der Waals surface area contributed by atoms with Crippen LogP contribution in [0.4, 0.5) is 0 Å². The summed E-state index contributed by atoms with van der Waals surface area (Å²) >= 11 is 0. The van der Waals surface area contributed by atoms with Crippen LogP contribution in [-0.4, -0.2) is 29.0 Å². The van der Waals surface area contributed by atoms with Crippen LogP contribution in [-0.2, 0) is 11.2 Å². The first-order valence-corrected chi connectivity index (χ1v) is 4.74. The molecule has 1 aromatic rings. The smallest absolute Gasteiger partial charge is 0.291 e. The predicted molar refractivity (Wildman–Crippen MR) is 56.7 cm³/mol. The van der Waals surface area contributed by atoms with E-state index in [4.69, 9.17) is 5.11 Å². The lowest BCUT2D eigenvalue weighted by molar-refractivity contribution is -0.467. The minimum atomic E-state index is -0.699. The number of aromatic hydroxyl groups is 1. The molecule has 6 heteroatoms. The van der Waals surface area contributed by atoms with Crippen molar-refractivity contribution < 1.29 is 14.8 Å². The quantitative estimate of drug-likeness (QED) is 0.556. The topological polar surface area (TPSA) is 92.5 Å². The summed E-state index contributed by atoms with van der Waals surface area (Å²) in [4.78, 5) is 20.2. The number of nitrogens with one attached hydrogen (secondary N) is 1. The van der Waals surface area contributed by atoms with Gasteiger partial charge in [0, 0.05) is 11.5 Å². The monoisotopic (exact) mass is 224 g/mol. The van der Waals surface area contributed by atoms with Gasteiger partial charge in [0.2, 0.25) is 0 Å². The summed E-state index contributed by atoms with van der Waals surface area (Å²) in [5.74, 6) is -0.412. The Morgan fingerprint density at radius 1 is 1.38 bits per heavy atom. The molecule has 0 spiro atoms. The molecule has 0 bridgehead atoms. The number of nitro groups is 1. The van der Waals surface area contributed by atoms with Crippen molar-refractivity contribution in [2.24, 2.45) is 0 Å². The van der Waals surface area contributed by atoms with Crippen molar-refractivity contribution in [1.82, 2.24) is 5.32 Å². The molecule has 1 amide bonds. The molecule has 1 aromatic carbocycles. The van der Waals surface area contributed by atoms with Gasteiger partial charge in [0.25, 0.3) is 12.5 Å². The van der Waals surface area contributed by atoms with Crippen molar-refractivity contribution in [1.29, 1.82) is 0 Å². The van der Waals surface area contributed by atoms with E-state index in [0.29, 0.717) is 13.0 Å². The zero-order valence-corrected chi connectivity index (χ0v) is 8.55. The number of carbonyl (C=O) groups excluding carboxylic acids is 1. The highest BCUT2D eigenvalue weighted by atomic mass is 16.6. The fourth-order valence-electron chi connectivity index (χ4n) is 1.18. The van der Waals surface area contributed by atoms with Gasteiger partial charge in [-0.25, -0.2) is 0 Å². The second-order valence-electron chi connectivity index (χ2n) is 3.26. The maximum Gasteiger partial charge on any atom is 0.291 e. The Hall–Kier alpha value is -2.11. The molecule has 0 atom stereocenters. The Morgan fingerprint density at radius 2 is 2.00 bits per heavy atom. The highest BCUT2D eigenvalue weighted by Gasteiger charge is 2.07. The summed E-state index contributed by atoms with van der Waals surface area (Å²) in [5.41, 5.74) is 0.944. The average molecular weight is 224 g/mol.